The van der Waals surface area contributed by atoms with Crippen molar-refractivity contribution in [2.45, 2.75) is 19.4 Å². The smallest absolute Gasteiger partial charge is 0.183 e. The van der Waals surface area contributed by atoms with Gasteiger partial charge in [0.15, 0.2) is 5.90 Å². The Labute approximate surface area is 78.3 Å². The zero-order chi connectivity index (χ0) is 9.10. The van der Waals surface area contributed by atoms with Crippen molar-refractivity contribution < 1.29 is 4.74 Å². The summed E-state index contributed by atoms with van der Waals surface area (Å²) < 4.78 is 5.42. The molecular formula is C11H13NO. The summed E-state index contributed by atoms with van der Waals surface area (Å²) in [7, 11) is 0. The van der Waals surface area contributed by atoms with E-state index in [2.05, 4.69) is 24.0 Å². The van der Waals surface area contributed by atoms with Crippen LogP contribution < -0.4 is 0 Å². The zero-order valence-corrected chi connectivity index (χ0v) is 7.73. The second kappa shape index (κ2) is 3.60. The summed E-state index contributed by atoms with van der Waals surface area (Å²) in [5.74, 6) is 0.883. The lowest BCUT2D eigenvalue weighted by Crippen LogP contribution is -1.97. The molecule has 0 spiro atoms. The molecule has 68 valence electrons. The van der Waals surface area contributed by atoms with Crippen LogP contribution >= 0.6 is 0 Å². The molecule has 1 aromatic carbocycles. The first-order valence-corrected chi connectivity index (χ1v) is 4.64. The first-order valence-electron chi connectivity index (χ1n) is 4.64. The Morgan fingerprint density at radius 1 is 1.38 bits per heavy atom. The number of hydrogen-bond acceptors (Lipinski definition) is 2. The van der Waals surface area contributed by atoms with E-state index in [1.54, 1.807) is 0 Å². The van der Waals surface area contributed by atoms with Crippen molar-refractivity contribution in [3.05, 3.63) is 35.9 Å². The second-order valence-corrected chi connectivity index (χ2v) is 3.11. The second-order valence-electron chi connectivity index (χ2n) is 3.11. The lowest BCUT2D eigenvalue weighted by Gasteiger charge is -2.03. The van der Waals surface area contributed by atoms with Crippen LogP contribution in [0.1, 0.15) is 24.9 Å². The van der Waals surface area contributed by atoms with Crippen LogP contribution in [0.4, 0.5) is 0 Å². The highest BCUT2D eigenvalue weighted by Gasteiger charge is 2.18. The fourth-order valence-electron chi connectivity index (χ4n) is 1.46. The van der Waals surface area contributed by atoms with Crippen LogP contribution in [0.2, 0.25) is 0 Å². The van der Waals surface area contributed by atoms with Gasteiger partial charge in [0.1, 0.15) is 12.6 Å². The van der Waals surface area contributed by atoms with E-state index in [0.29, 0.717) is 6.61 Å². The molecule has 0 saturated carbocycles. The van der Waals surface area contributed by atoms with Crippen molar-refractivity contribution in [2.24, 2.45) is 4.99 Å². The topological polar surface area (TPSA) is 21.6 Å². The van der Waals surface area contributed by atoms with Crippen LogP contribution in [-0.2, 0) is 4.74 Å². The van der Waals surface area contributed by atoms with E-state index in [0.717, 1.165) is 12.3 Å². The van der Waals surface area contributed by atoms with Crippen LogP contribution in [0.5, 0.6) is 0 Å². The van der Waals surface area contributed by atoms with Gasteiger partial charge in [-0.3, -0.25) is 0 Å². The normalized spacial score (nSPS) is 21.0. The number of benzene rings is 1. The fourth-order valence-corrected chi connectivity index (χ4v) is 1.46. The standard InChI is InChI=1S/C11H13NO/c1-2-11-12-10(8-13-11)9-6-4-3-5-7-9/h3-7,10H,2,8H2,1H3. The average molecular weight is 175 g/mol. The molecule has 1 heterocycles. The van der Waals surface area contributed by atoms with Crippen LogP contribution in [0.3, 0.4) is 0 Å². The minimum absolute atomic E-state index is 0.219. The monoisotopic (exact) mass is 175 g/mol. The molecule has 0 bridgehead atoms. The summed E-state index contributed by atoms with van der Waals surface area (Å²) >= 11 is 0. The Kier molecular flexibility index (Phi) is 2.30. The van der Waals surface area contributed by atoms with Gasteiger partial charge in [-0.25, -0.2) is 4.99 Å². The van der Waals surface area contributed by atoms with E-state index in [4.69, 9.17) is 4.74 Å². The molecule has 1 aliphatic rings. The minimum Gasteiger partial charge on any atom is -0.478 e. The maximum Gasteiger partial charge on any atom is 0.183 e. The molecule has 2 nitrogen and oxygen atoms in total. The molecule has 2 rings (SSSR count). The largest absolute Gasteiger partial charge is 0.478 e. The van der Waals surface area contributed by atoms with E-state index >= 15 is 0 Å². The van der Waals surface area contributed by atoms with Gasteiger partial charge in [-0.1, -0.05) is 37.3 Å². The van der Waals surface area contributed by atoms with Crippen molar-refractivity contribution in [3.63, 3.8) is 0 Å². The Morgan fingerprint density at radius 3 is 2.77 bits per heavy atom. The molecule has 0 aliphatic carbocycles. The molecule has 0 amide bonds. The van der Waals surface area contributed by atoms with Crippen molar-refractivity contribution in [3.8, 4) is 0 Å². The molecule has 0 radical (unpaired) electrons. The number of nitrogens with zero attached hydrogens (tertiary/aromatic N) is 1. The SMILES string of the molecule is CCC1=NC(c2ccccc2)CO1. The van der Waals surface area contributed by atoms with Gasteiger partial charge < -0.3 is 4.74 Å². The van der Waals surface area contributed by atoms with Gasteiger partial charge in [0.25, 0.3) is 0 Å². The minimum atomic E-state index is 0.219. The number of hydrogen-bond donors (Lipinski definition) is 0. The van der Waals surface area contributed by atoms with E-state index < -0.39 is 0 Å². The summed E-state index contributed by atoms with van der Waals surface area (Å²) in [5, 5.41) is 0. The van der Waals surface area contributed by atoms with Gasteiger partial charge in [0, 0.05) is 6.42 Å². The van der Waals surface area contributed by atoms with Gasteiger partial charge in [-0.2, -0.15) is 0 Å². The number of aliphatic imine (C=N–C) groups is 1. The van der Waals surface area contributed by atoms with Crippen molar-refractivity contribution in [1.29, 1.82) is 0 Å². The predicted molar refractivity (Wildman–Crippen MR) is 52.9 cm³/mol. The maximum atomic E-state index is 5.42. The van der Waals surface area contributed by atoms with Gasteiger partial charge >= 0.3 is 0 Å². The third-order valence-corrected chi connectivity index (χ3v) is 2.19. The Hall–Kier alpha value is -1.31. The molecule has 13 heavy (non-hydrogen) atoms. The first kappa shape index (κ1) is 8.30. The molecule has 0 aromatic heterocycles. The van der Waals surface area contributed by atoms with E-state index in [9.17, 15) is 0 Å². The van der Waals surface area contributed by atoms with Crippen LogP contribution in [0.25, 0.3) is 0 Å². The molecular weight excluding hydrogens is 162 g/mol. The lowest BCUT2D eigenvalue weighted by atomic mass is 10.1. The average Bonchev–Trinajstić information content (AvgIpc) is 2.67. The van der Waals surface area contributed by atoms with E-state index in [-0.39, 0.29) is 6.04 Å². The molecule has 0 fully saturated rings. The van der Waals surface area contributed by atoms with Crippen molar-refractivity contribution in [2.75, 3.05) is 6.61 Å². The van der Waals surface area contributed by atoms with Gasteiger partial charge in [-0.15, -0.1) is 0 Å². The quantitative estimate of drug-likeness (QED) is 0.677. The third kappa shape index (κ3) is 1.72. The third-order valence-electron chi connectivity index (χ3n) is 2.19. The first-order chi connectivity index (χ1) is 6.40. The van der Waals surface area contributed by atoms with Crippen LogP contribution in [0.15, 0.2) is 35.3 Å². The number of rotatable bonds is 2. The van der Waals surface area contributed by atoms with Crippen LogP contribution in [0, 0.1) is 0 Å². The molecule has 2 heteroatoms. The predicted octanol–water partition coefficient (Wildman–Crippen LogP) is 2.57. The summed E-state index contributed by atoms with van der Waals surface area (Å²) in [4.78, 5) is 4.47. The summed E-state index contributed by atoms with van der Waals surface area (Å²) in [5.41, 5.74) is 1.24. The highest BCUT2D eigenvalue weighted by molar-refractivity contribution is 5.77. The van der Waals surface area contributed by atoms with E-state index in [1.165, 1.54) is 5.56 Å². The van der Waals surface area contributed by atoms with E-state index in [1.807, 2.05) is 18.2 Å². The Morgan fingerprint density at radius 2 is 2.15 bits per heavy atom. The molecule has 0 N–H and O–H groups in total. The van der Waals surface area contributed by atoms with Gasteiger partial charge in [0.2, 0.25) is 0 Å². The van der Waals surface area contributed by atoms with Crippen molar-refractivity contribution >= 4 is 5.90 Å². The lowest BCUT2D eigenvalue weighted by molar-refractivity contribution is 0.313. The Bertz CT molecular complexity index is 305. The van der Waals surface area contributed by atoms with Gasteiger partial charge in [0.05, 0.1) is 0 Å². The molecule has 1 aliphatic heterocycles. The Balaban J connectivity index is 2.16. The highest BCUT2D eigenvalue weighted by atomic mass is 16.5. The highest BCUT2D eigenvalue weighted by Crippen LogP contribution is 2.22. The van der Waals surface area contributed by atoms with Gasteiger partial charge in [-0.05, 0) is 5.56 Å². The van der Waals surface area contributed by atoms with Crippen LogP contribution in [-0.4, -0.2) is 12.5 Å². The molecule has 0 saturated heterocycles. The van der Waals surface area contributed by atoms with Crippen molar-refractivity contribution in [1.82, 2.24) is 0 Å². The number of ether oxygens (including phenoxy) is 1. The molecule has 1 atom stereocenters. The maximum absolute atomic E-state index is 5.42. The zero-order valence-electron chi connectivity index (χ0n) is 7.73. The summed E-state index contributed by atoms with van der Waals surface area (Å²) in [6, 6.07) is 10.5. The molecule has 1 aromatic rings. The summed E-state index contributed by atoms with van der Waals surface area (Å²) in [6.45, 7) is 2.76. The summed E-state index contributed by atoms with van der Waals surface area (Å²) in [6.07, 6.45) is 0.892. The molecule has 1 unspecified atom stereocenters. The fraction of sp³-hybridized carbons (Fsp3) is 0.364.